The van der Waals surface area contributed by atoms with Crippen LogP contribution in [0, 0.1) is 19.7 Å². The molecule has 1 aromatic heterocycles. The summed E-state index contributed by atoms with van der Waals surface area (Å²) < 4.78 is 31.9. The van der Waals surface area contributed by atoms with Gasteiger partial charge in [0, 0.05) is 23.0 Å². The number of rotatable bonds is 7. The molecule has 2 heterocycles. The lowest BCUT2D eigenvalue weighted by Crippen LogP contribution is -2.33. The number of fused-ring (bicyclic) bond motifs is 1. The van der Waals surface area contributed by atoms with E-state index in [1.54, 1.807) is 18.2 Å². The first kappa shape index (κ1) is 22.3. The van der Waals surface area contributed by atoms with Gasteiger partial charge in [-0.3, -0.25) is 4.79 Å². The van der Waals surface area contributed by atoms with Gasteiger partial charge in [0.05, 0.1) is 6.54 Å². The Morgan fingerprint density at radius 2 is 1.85 bits per heavy atom. The zero-order valence-corrected chi connectivity index (χ0v) is 18.4. The van der Waals surface area contributed by atoms with Gasteiger partial charge in [0.25, 0.3) is 0 Å². The summed E-state index contributed by atoms with van der Waals surface area (Å²) in [6.07, 6.45) is 2.52. The van der Waals surface area contributed by atoms with Crippen molar-refractivity contribution in [2.24, 2.45) is 0 Å². The molecular formula is C26H24FNO5. The molecular weight excluding hydrogens is 425 g/mol. The number of benzene rings is 2. The highest BCUT2D eigenvalue weighted by atomic mass is 19.1. The van der Waals surface area contributed by atoms with Crippen molar-refractivity contribution in [3.05, 3.63) is 89.0 Å². The zero-order chi connectivity index (χ0) is 23.4. The summed E-state index contributed by atoms with van der Waals surface area (Å²) in [4.78, 5) is 24.7. The fourth-order valence-corrected chi connectivity index (χ4v) is 3.72. The molecule has 0 fully saturated rings. The Labute approximate surface area is 191 Å². The van der Waals surface area contributed by atoms with Crippen LogP contribution in [-0.4, -0.2) is 35.6 Å². The van der Waals surface area contributed by atoms with Gasteiger partial charge in [-0.15, -0.1) is 0 Å². The SMILES string of the molecule is Cc1cc(C(=O)COC(=O)/C=C/c2ccc(F)cc2)c(C)n1C[C@H]1COc2ccccc2O1. The van der Waals surface area contributed by atoms with E-state index >= 15 is 0 Å². The predicted molar refractivity (Wildman–Crippen MR) is 121 cm³/mol. The number of hydrogen-bond donors (Lipinski definition) is 0. The molecule has 33 heavy (non-hydrogen) atoms. The Kier molecular flexibility index (Phi) is 6.58. The van der Waals surface area contributed by atoms with Crippen molar-refractivity contribution in [3.63, 3.8) is 0 Å². The molecule has 0 saturated carbocycles. The highest BCUT2D eigenvalue weighted by molar-refractivity contribution is 6.00. The summed E-state index contributed by atoms with van der Waals surface area (Å²) in [7, 11) is 0. The molecule has 0 saturated heterocycles. The third-order valence-electron chi connectivity index (χ3n) is 5.46. The number of carbonyl (C=O) groups is 2. The van der Waals surface area contributed by atoms with Gasteiger partial charge in [-0.2, -0.15) is 0 Å². The number of nitrogens with zero attached hydrogens (tertiary/aromatic N) is 1. The van der Waals surface area contributed by atoms with Crippen molar-refractivity contribution >= 4 is 17.8 Å². The maximum absolute atomic E-state index is 12.9. The Balaban J connectivity index is 1.35. The summed E-state index contributed by atoms with van der Waals surface area (Å²) in [5.41, 5.74) is 2.83. The minimum absolute atomic E-state index is 0.193. The molecule has 1 atom stereocenters. The van der Waals surface area contributed by atoms with E-state index < -0.39 is 5.97 Å². The highest BCUT2D eigenvalue weighted by Crippen LogP contribution is 2.31. The average molecular weight is 449 g/mol. The van der Waals surface area contributed by atoms with Crippen molar-refractivity contribution in [3.8, 4) is 11.5 Å². The number of ketones is 1. The molecule has 6 nitrogen and oxygen atoms in total. The van der Waals surface area contributed by atoms with E-state index in [4.69, 9.17) is 14.2 Å². The zero-order valence-electron chi connectivity index (χ0n) is 18.4. The smallest absolute Gasteiger partial charge is 0.331 e. The molecule has 0 unspecified atom stereocenters. The predicted octanol–water partition coefficient (Wildman–Crippen LogP) is 4.52. The van der Waals surface area contributed by atoms with Gasteiger partial charge >= 0.3 is 5.97 Å². The van der Waals surface area contributed by atoms with Crippen LogP contribution in [0.1, 0.15) is 27.3 Å². The van der Waals surface area contributed by atoms with E-state index in [0.717, 1.165) is 17.1 Å². The van der Waals surface area contributed by atoms with E-state index in [1.165, 1.54) is 24.3 Å². The molecule has 4 rings (SSSR count). The van der Waals surface area contributed by atoms with E-state index in [9.17, 15) is 14.0 Å². The average Bonchev–Trinajstić information content (AvgIpc) is 3.10. The highest BCUT2D eigenvalue weighted by Gasteiger charge is 2.24. The molecule has 7 heteroatoms. The van der Waals surface area contributed by atoms with Crippen LogP contribution in [-0.2, 0) is 16.1 Å². The molecule has 1 aliphatic rings. The lowest BCUT2D eigenvalue weighted by molar-refractivity contribution is -0.136. The number of para-hydroxylation sites is 2. The monoisotopic (exact) mass is 449 g/mol. The first-order valence-electron chi connectivity index (χ1n) is 10.6. The van der Waals surface area contributed by atoms with Gasteiger partial charge in [0.15, 0.2) is 24.2 Å². The van der Waals surface area contributed by atoms with Crippen molar-refractivity contribution in [2.45, 2.75) is 26.5 Å². The standard InChI is InChI=1S/C26H24FNO5/c1-17-13-22(23(29)16-32-26(30)12-9-19-7-10-20(27)11-8-19)18(2)28(17)14-21-15-31-24-5-3-4-6-25(24)33-21/h3-13,21H,14-16H2,1-2H3/b12-9+/t21-/m0/s1. The van der Waals surface area contributed by atoms with Crippen LogP contribution in [0.25, 0.3) is 6.08 Å². The minimum atomic E-state index is -0.645. The lowest BCUT2D eigenvalue weighted by atomic mass is 10.1. The van der Waals surface area contributed by atoms with Crippen LogP contribution >= 0.6 is 0 Å². The number of esters is 1. The summed E-state index contributed by atoms with van der Waals surface area (Å²) >= 11 is 0. The molecule has 0 spiro atoms. The van der Waals surface area contributed by atoms with E-state index in [-0.39, 0.29) is 24.3 Å². The third kappa shape index (κ3) is 5.31. The lowest BCUT2D eigenvalue weighted by Gasteiger charge is -2.27. The van der Waals surface area contributed by atoms with Gasteiger partial charge in [-0.25, -0.2) is 9.18 Å². The van der Waals surface area contributed by atoms with E-state index in [2.05, 4.69) is 0 Å². The third-order valence-corrected chi connectivity index (χ3v) is 5.46. The molecule has 0 aliphatic carbocycles. The second-order valence-electron chi connectivity index (χ2n) is 7.81. The van der Waals surface area contributed by atoms with Crippen molar-refractivity contribution < 1.29 is 28.2 Å². The van der Waals surface area contributed by atoms with Crippen molar-refractivity contribution in [1.29, 1.82) is 0 Å². The number of hydrogen-bond acceptors (Lipinski definition) is 5. The molecule has 0 amide bonds. The minimum Gasteiger partial charge on any atom is -0.486 e. The molecule has 0 N–H and O–H groups in total. The fraction of sp³-hybridized carbons (Fsp3) is 0.231. The number of halogens is 1. The maximum Gasteiger partial charge on any atom is 0.331 e. The normalized spacial score (nSPS) is 14.9. The topological polar surface area (TPSA) is 66.8 Å². The molecule has 3 aromatic rings. The Morgan fingerprint density at radius 3 is 2.61 bits per heavy atom. The van der Waals surface area contributed by atoms with Crippen molar-refractivity contribution in [1.82, 2.24) is 4.57 Å². The number of ether oxygens (including phenoxy) is 3. The van der Waals surface area contributed by atoms with Gasteiger partial charge in [-0.05, 0) is 55.8 Å². The second-order valence-corrected chi connectivity index (χ2v) is 7.81. The summed E-state index contributed by atoms with van der Waals surface area (Å²) in [6.45, 7) is 4.34. The van der Waals surface area contributed by atoms with Crippen LogP contribution in [0.3, 0.4) is 0 Å². The summed E-state index contributed by atoms with van der Waals surface area (Å²) in [6, 6.07) is 15.0. The molecule has 1 aliphatic heterocycles. The maximum atomic E-state index is 12.9. The van der Waals surface area contributed by atoms with E-state index in [0.29, 0.717) is 30.0 Å². The van der Waals surface area contributed by atoms with Crippen LogP contribution in [0.15, 0.2) is 60.7 Å². The molecule has 0 radical (unpaired) electrons. The second kappa shape index (κ2) is 9.73. The number of aryl methyl sites for hydroxylation is 1. The summed E-state index contributed by atoms with van der Waals surface area (Å²) in [5, 5.41) is 0. The molecule has 170 valence electrons. The Bertz CT molecular complexity index is 1200. The Morgan fingerprint density at radius 1 is 1.12 bits per heavy atom. The van der Waals surface area contributed by atoms with E-state index in [1.807, 2.05) is 42.7 Å². The fourth-order valence-electron chi connectivity index (χ4n) is 3.72. The largest absolute Gasteiger partial charge is 0.486 e. The van der Waals surface area contributed by atoms with Crippen molar-refractivity contribution in [2.75, 3.05) is 13.2 Å². The first-order valence-corrected chi connectivity index (χ1v) is 10.6. The Hall–Kier alpha value is -3.87. The number of aromatic nitrogens is 1. The quantitative estimate of drug-likeness (QED) is 0.301. The number of Topliss-reactive ketones (excluding diaryl/α,β-unsaturated/α-hetero) is 1. The van der Waals surface area contributed by atoms with Crippen LogP contribution in [0.2, 0.25) is 0 Å². The first-order chi connectivity index (χ1) is 15.9. The van der Waals surface area contributed by atoms with Crippen LogP contribution in [0.4, 0.5) is 4.39 Å². The van der Waals surface area contributed by atoms with Gasteiger partial charge in [0.2, 0.25) is 5.78 Å². The summed E-state index contributed by atoms with van der Waals surface area (Å²) in [5.74, 6) is 0.135. The molecule has 0 bridgehead atoms. The van der Waals surface area contributed by atoms with Gasteiger partial charge < -0.3 is 18.8 Å². The van der Waals surface area contributed by atoms with Crippen LogP contribution < -0.4 is 9.47 Å². The van der Waals surface area contributed by atoms with Gasteiger partial charge in [-0.1, -0.05) is 24.3 Å². The molecule has 2 aromatic carbocycles. The number of carbonyl (C=O) groups excluding carboxylic acids is 2. The van der Waals surface area contributed by atoms with Crippen LogP contribution in [0.5, 0.6) is 11.5 Å². The van der Waals surface area contributed by atoms with Gasteiger partial charge in [0.1, 0.15) is 12.4 Å².